The molecule has 2 aliphatic carbocycles. The average molecular weight is 165 g/mol. The Balaban J connectivity index is 1.87. The Hall–Kier alpha value is -0.0400. The fourth-order valence-corrected chi connectivity index (χ4v) is 3.75. The van der Waals surface area contributed by atoms with Gasteiger partial charge in [-0.2, -0.15) is 0 Å². The summed E-state index contributed by atoms with van der Waals surface area (Å²) in [6, 6.07) is 0.906. The first-order chi connectivity index (χ1) is 5.92. The molecule has 1 aliphatic heterocycles. The van der Waals surface area contributed by atoms with Crippen molar-refractivity contribution in [3.05, 3.63) is 0 Å². The van der Waals surface area contributed by atoms with Gasteiger partial charge in [0.2, 0.25) is 0 Å². The largest absolute Gasteiger partial charge is 0.314 e. The van der Waals surface area contributed by atoms with Gasteiger partial charge in [-0.05, 0) is 50.0 Å². The van der Waals surface area contributed by atoms with E-state index in [0.717, 1.165) is 23.8 Å². The first-order valence-electron chi connectivity index (χ1n) is 5.65. The van der Waals surface area contributed by atoms with Gasteiger partial charge in [0.1, 0.15) is 0 Å². The van der Waals surface area contributed by atoms with E-state index in [1.165, 1.54) is 32.2 Å². The van der Waals surface area contributed by atoms with E-state index in [1.54, 1.807) is 12.8 Å². The van der Waals surface area contributed by atoms with Gasteiger partial charge in [0.05, 0.1) is 0 Å². The molecule has 3 fully saturated rings. The van der Waals surface area contributed by atoms with Crippen LogP contribution in [0.15, 0.2) is 0 Å². The summed E-state index contributed by atoms with van der Waals surface area (Å²) in [6.07, 6.45) is 9.11. The second-order valence-electron chi connectivity index (χ2n) is 5.13. The molecule has 4 unspecified atom stereocenters. The monoisotopic (exact) mass is 165 g/mol. The summed E-state index contributed by atoms with van der Waals surface area (Å²) in [6.45, 7) is 1.33. The molecule has 68 valence electrons. The van der Waals surface area contributed by atoms with Crippen LogP contribution in [0.2, 0.25) is 0 Å². The minimum atomic E-state index is 0.906. The molecule has 1 saturated heterocycles. The van der Waals surface area contributed by atoms with Crippen LogP contribution in [0.5, 0.6) is 0 Å². The molecule has 12 heavy (non-hydrogen) atoms. The van der Waals surface area contributed by atoms with Gasteiger partial charge in [-0.15, -0.1) is 0 Å². The van der Waals surface area contributed by atoms with Crippen molar-refractivity contribution in [2.24, 2.45) is 17.8 Å². The zero-order valence-electron chi connectivity index (χ0n) is 7.76. The molecule has 3 rings (SSSR count). The van der Waals surface area contributed by atoms with E-state index in [0.29, 0.717) is 0 Å². The van der Waals surface area contributed by atoms with Crippen LogP contribution in [0, 0.1) is 17.8 Å². The SMILES string of the molecule is C1CC2CNC3CC(C1)C(C2)C3. The Labute approximate surface area is 74.9 Å². The molecular weight excluding hydrogens is 146 g/mol. The van der Waals surface area contributed by atoms with Crippen molar-refractivity contribution in [3.8, 4) is 0 Å². The Morgan fingerprint density at radius 2 is 1.83 bits per heavy atom. The van der Waals surface area contributed by atoms with Gasteiger partial charge >= 0.3 is 0 Å². The third-order valence-corrected chi connectivity index (χ3v) is 4.36. The van der Waals surface area contributed by atoms with Crippen LogP contribution >= 0.6 is 0 Å². The molecule has 0 radical (unpaired) electrons. The maximum atomic E-state index is 3.74. The molecule has 3 aliphatic rings. The lowest BCUT2D eigenvalue weighted by Gasteiger charge is -2.20. The summed E-state index contributed by atoms with van der Waals surface area (Å²) in [5.74, 6) is 3.25. The lowest BCUT2D eigenvalue weighted by Crippen LogP contribution is -2.30. The van der Waals surface area contributed by atoms with E-state index in [2.05, 4.69) is 5.32 Å². The van der Waals surface area contributed by atoms with Gasteiger partial charge in [-0.25, -0.2) is 0 Å². The highest BCUT2D eigenvalue weighted by molar-refractivity contribution is 4.93. The van der Waals surface area contributed by atoms with Crippen LogP contribution in [-0.4, -0.2) is 12.6 Å². The summed E-state index contributed by atoms with van der Waals surface area (Å²) in [5, 5.41) is 3.74. The summed E-state index contributed by atoms with van der Waals surface area (Å²) in [7, 11) is 0. The van der Waals surface area contributed by atoms with Crippen molar-refractivity contribution >= 4 is 0 Å². The predicted octanol–water partition coefficient (Wildman–Crippen LogP) is 2.17. The molecule has 1 heteroatoms. The van der Waals surface area contributed by atoms with Crippen molar-refractivity contribution in [1.29, 1.82) is 0 Å². The predicted molar refractivity (Wildman–Crippen MR) is 50.0 cm³/mol. The van der Waals surface area contributed by atoms with Crippen LogP contribution in [0.3, 0.4) is 0 Å². The molecule has 1 N–H and O–H groups in total. The normalized spacial score (nSPS) is 52.0. The minimum absolute atomic E-state index is 0.906. The number of hydrogen-bond acceptors (Lipinski definition) is 1. The number of nitrogens with one attached hydrogen (secondary N) is 1. The smallest absolute Gasteiger partial charge is 0.00726 e. The van der Waals surface area contributed by atoms with Crippen molar-refractivity contribution in [1.82, 2.24) is 5.32 Å². The van der Waals surface area contributed by atoms with Crippen molar-refractivity contribution < 1.29 is 0 Å². The standard InChI is InChI=1S/C11H19N/c1-2-8-4-10-6-11(12-7-8)5-9(10)3-1/h8-12H,1-7H2. The zero-order valence-corrected chi connectivity index (χ0v) is 7.76. The van der Waals surface area contributed by atoms with E-state index in [-0.39, 0.29) is 0 Å². The molecule has 0 aromatic rings. The van der Waals surface area contributed by atoms with Crippen LogP contribution in [0.4, 0.5) is 0 Å². The van der Waals surface area contributed by atoms with Crippen molar-refractivity contribution in [3.63, 3.8) is 0 Å². The second kappa shape index (κ2) is 2.73. The van der Waals surface area contributed by atoms with Crippen molar-refractivity contribution in [2.45, 2.75) is 44.6 Å². The molecule has 0 spiro atoms. The molecular formula is C11H19N. The second-order valence-corrected chi connectivity index (χ2v) is 5.13. The molecule has 1 heterocycles. The van der Waals surface area contributed by atoms with Gasteiger partial charge in [0.15, 0.2) is 0 Å². The Morgan fingerprint density at radius 1 is 0.917 bits per heavy atom. The first-order valence-corrected chi connectivity index (χ1v) is 5.65. The van der Waals surface area contributed by atoms with Gasteiger partial charge in [0.25, 0.3) is 0 Å². The Kier molecular flexibility index (Phi) is 1.68. The number of hydrogen-bond donors (Lipinski definition) is 1. The fraction of sp³-hybridized carbons (Fsp3) is 1.00. The molecule has 0 aromatic heterocycles. The molecule has 1 nitrogen and oxygen atoms in total. The van der Waals surface area contributed by atoms with Gasteiger partial charge in [-0.1, -0.05) is 12.8 Å². The Bertz CT molecular complexity index is 176. The van der Waals surface area contributed by atoms with Gasteiger partial charge in [0, 0.05) is 6.04 Å². The third-order valence-electron chi connectivity index (χ3n) is 4.36. The zero-order chi connectivity index (χ0) is 7.97. The first kappa shape index (κ1) is 7.37. The molecule has 2 saturated carbocycles. The summed E-state index contributed by atoms with van der Waals surface area (Å²) >= 11 is 0. The maximum Gasteiger partial charge on any atom is 0.00726 e. The Morgan fingerprint density at radius 3 is 2.83 bits per heavy atom. The van der Waals surface area contributed by atoms with E-state index in [9.17, 15) is 0 Å². The third kappa shape index (κ3) is 1.10. The summed E-state index contributed by atoms with van der Waals surface area (Å²) in [4.78, 5) is 0. The highest BCUT2D eigenvalue weighted by atomic mass is 14.9. The molecule has 3 bridgehead atoms. The van der Waals surface area contributed by atoms with E-state index in [1.807, 2.05) is 0 Å². The summed E-state index contributed by atoms with van der Waals surface area (Å²) < 4.78 is 0. The van der Waals surface area contributed by atoms with Gasteiger partial charge in [-0.3, -0.25) is 0 Å². The van der Waals surface area contributed by atoms with Crippen LogP contribution in [0.25, 0.3) is 0 Å². The quantitative estimate of drug-likeness (QED) is 0.580. The number of rotatable bonds is 0. The molecule has 0 aromatic carbocycles. The van der Waals surface area contributed by atoms with Crippen LogP contribution in [-0.2, 0) is 0 Å². The van der Waals surface area contributed by atoms with Gasteiger partial charge < -0.3 is 5.32 Å². The number of fused-ring (bicyclic) bond motifs is 2. The molecule has 0 amide bonds. The average Bonchev–Trinajstić information content (AvgIpc) is 2.24. The van der Waals surface area contributed by atoms with E-state index in [4.69, 9.17) is 0 Å². The van der Waals surface area contributed by atoms with Crippen LogP contribution < -0.4 is 5.32 Å². The fourth-order valence-electron chi connectivity index (χ4n) is 3.75. The van der Waals surface area contributed by atoms with Crippen LogP contribution in [0.1, 0.15) is 38.5 Å². The van der Waals surface area contributed by atoms with E-state index < -0.39 is 0 Å². The summed E-state index contributed by atoms with van der Waals surface area (Å²) in [5.41, 5.74) is 0. The van der Waals surface area contributed by atoms with Crippen molar-refractivity contribution in [2.75, 3.05) is 6.54 Å². The minimum Gasteiger partial charge on any atom is -0.314 e. The lowest BCUT2D eigenvalue weighted by molar-refractivity contribution is 0.324. The van der Waals surface area contributed by atoms with E-state index >= 15 is 0 Å². The molecule has 4 atom stereocenters. The lowest BCUT2D eigenvalue weighted by atomic mass is 9.89. The topological polar surface area (TPSA) is 12.0 Å². The highest BCUT2D eigenvalue weighted by Gasteiger charge is 2.39. The highest BCUT2D eigenvalue weighted by Crippen LogP contribution is 2.44. The maximum absolute atomic E-state index is 3.74.